The molecule has 2 aromatic carbocycles. The maximum Gasteiger partial charge on any atom is 0.261 e. The van der Waals surface area contributed by atoms with Gasteiger partial charge >= 0.3 is 0 Å². The molecular weight excluding hydrogens is 492 g/mol. The molecule has 2 fully saturated rings. The van der Waals surface area contributed by atoms with Crippen LogP contribution in [-0.4, -0.2) is 66.3 Å². The lowest BCUT2D eigenvalue weighted by Crippen LogP contribution is -2.43. The van der Waals surface area contributed by atoms with Crippen molar-refractivity contribution in [1.29, 1.82) is 0 Å². The second-order valence-corrected chi connectivity index (χ2v) is 10.9. The zero-order valence-corrected chi connectivity index (χ0v) is 22.1. The van der Waals surface area contributed by atoms with E-state index >= 15 is 0 Å². The van der Waals surface area contributed by atoms with Crippen molar-refractivity contribution >= 4 is 11.8 Å². The number of hydrogen-bond acceptors (Lipinski definition) is 6. The molecule has 4 rings (SSSR count). The minimum Gasteiger partial charge on any atom is -0.493 e. The Bertz CT molecular complexity index is 1140. The summed E-state index contributed by atoms with van der Waals surface area (Å²) in [5.74, 6) is -1.16. The molecule has 38 heavy (non-hydrogen) atoms. The van der Waals surface area contributed by atoms with Crippen molar-refractivity contribution in [3.05, 3.63) is 53.3 Å². The van der Waals surface area contributed by atoms with Gasteiger partial charge in [0.05, 0.1) is 24.8 Å². The monoisotopic (exact) mass is 529 g/mol. The maximum absolute atomic E-state index is 14.8. The molecule has 0 saturated carbocycles. The zero-order chi connectivity index (χ0) is 27.3. The third-order valence-electron chi connectivity index (χ3n) is 7.18. The minimum atomic E-state index is -1.22. The molecule has 2 aliphatic heterocycles. The number of ether oxygens (including phenoxy) is 1. The van der Waals surface area contributed by atoms with Crippen LogP contribution in [0.15, 0.2) is 36.4 Å². The number of benzene rings is 2. The van der Waals surface area contributed by atoms with Crippen molar-refractivity contribution in [2.45, 2.75) is 57.8 Å². The predicted octanol–water partition coefficient (Wildman–Crippen LogP) is 3.83. The Hall–Kier alpha value is -2.88. The van der Waals surface area contributed by atoms with Gasteiger partial charge in [0.2, 0.25) is 5.91 Å². The van der Waals surface area contributed by atoms with Crippen LogP contribution in [0.25, 0.3) is 11.1 Å². The predicted molar refractivity (Wildman–Crippen MR) is 141 cm³/mol. The van der Waals surface area contributed by atoms with Gasteiger partial charge in [-0.2, -0.15) is 0 Å². The lowest BCUT2D eigenvalue weighted by atomic mass is 9.96. The molecule has 0 radical (unpaired) electrons. The van der Waals surface area contributed by atoms with Gasteiger partial charge < -0.3 is 20.1 Å². The summed E-state index contributed by atoms with van der Waals surface area (Å²) in [5, 5.41) is 15.4. The summed E-state index contributed by atoms with van der Waals surface area (Å²) >= 11 is 0. The Kier molecular flexibility index (Phi) is 9.12. The second kappa shape index (κ2) is 12.3. The van der Waals surface area contributed by atoms with E-state index in [2.05, 4.69) is 15.5 Å². The average Bonchev–Trinajstić information content (AvgIpc) is 3.42. The SMILES string of the molecule is CC(C)(F)CN1CCC(COc2ccc(-c3cccc(F)c3C(=O)NC(=O)[C@@H]3CCCN3)cc2CO)CC1. The van der Waals surface area contributed by atoms with Crippen LogP contribution in [0.4, 0.5) is 8.78 Å². The van der Waals surface area contributed by atoms with Gasteiger partial charge in [-0.1, -0.05) is 18.2 Å². The third kappa shape index (κ3) is 7.15. The van der Waals surface area contributed by atoms with Crippen molar-refractivity contribution in [2.24, 2.45) is 5.92 Å². The Morgan fingerprint density at radius 3 is 2.61 bits per heavy atom. The largest absolute Gasteiger partial charge is 0.493 e. The number of nitrogens with one attached hydrogen (secondary N) is 2. The first kappa shape index (κ1) is 28.1. The first-order valence-electron chi connectivity index (χ1n) is 13.3. The van der Waals surface area contributed by atoms with Crippen LogP contribution in [0.3, 0.4) is 0 Å². The standard InChI is InChI=1S/C29H37F2N3O4/c1-29(2,31)18-34-13-10-19(11-14-34)17-38-25-9-8-20(15-21(25)16-35)22-5-3-6-23(30)26(22)28(37)33-27(36)24-7-4-12-32-24/h3,5-6,8-9,15,19,24,32,35H,4,7,10-14,16-18H2,1-2H3,(H,33,36,37)/t24-/m0/s1. The van der Waals surface area contributed by atoms with Gasteiger partial charge in [-0.3, -0.25) is 14.9 Å². The fourth-order valence-corrected chi connectivity index (χ4v) is 5.23. The Morgan fingerprint density at radius 1 is 1.18 bits per heavy atom. The fourth-order valence-electron chi connectivity index (χ4n) is 5.23. The van der Waals surface area contributed by atoms with Crippen LogP contribution in [0.5, 0.6) is 5.75 Å². The van der Waals surface area contributed by atoms with Crippen molar-refractivity contribution in [2.75, 3.05) is 32.8 Å². The molecule has 0 unspecified atom stereocenters. The zero-order valence-electron chi connectivity index (χ0n) is 22.1. The van der Waals surface area contributed by atoms with Crippen molar-refractivity contribution in [3.8, 4) is 16.9 Å². The fraction of sp³-hybridized carbons (Fsp3) is 0.517. The Balaban J connectivity index is 1.44. The van der Waals surface area contributed by atoms with E-state index in [1.165, 1.54) is 12.1 Å². The number of nitrogens with zero attached hydrogens (tertiary/aromatic N) is 1. The van der Waals surface area contributed by atoms with Crippen molar-refractivity contribution in [1.82, 2.24) is 15.5 Å². The third-order valence-corrected chi connectivity index (χ3v) is 7.18. The van der Waals surface area contributed by atoms with Crippen LogP contribution < -0.4 is 15.4 Å². The summed E-state index contributed by atoms with van der Waals surface area (Å²) in [6, 6.07) is 8.93. The van der Waals surface area contributed by atoms with Crippen LogP contribution >= 0.6 is 0 Å². The summed E-state index contributed by atoms with van der Waals surface area (Å²) in [7, 11) is 0. The Morgan fingerprint density at radius 2 is 1.95 bits per heavy atom. The highest BCUT2D eigenvalue weighted by Crippen LogP contribution is 2.31. The normalized spacial score (nSPS) is 18.9. The number of piperidine rings is 1. The molecule has 9 heteroatoms. The van der Waals surface area contributed by atoms with Gasteiger partial charge in [-0.15, -0.1) is 0 Å². The van der Waals surface area contributed by atoms with Gasteiger partial charge in [-0.25, -0.2) is 8.78 Å². The highest BCUT2D eigenvalue weighted by molar-refractivity contribution is 6.09. The second-order valence-electron chi connectivity index (χ2n) is 10.9. The van der Waals surface area contributed by atoms with Crippen molar-refractivity contribution in [3.63, 3.8) is 0 Å². The number of rotatable bonds is 9. The van der Waals surface area contributed by atoms with E-state index in [9.17, 15) is 23.5 Å². The number of hydrogen-bond donors (Lipinski definition) is 3. The first-order valence-corrected chi connectivity index (χ1v) is 13.3. The molecule has 2 amide bonds. The summed E-state index contributed by atoms with van der Waals surface area (Å²) in [5.41, 5.74) is -0.0780. The van der Waals surface area contributed by atoms with Crippen LogP contribution in [0.2, 0.25) is 0 Å². The molecule has 0 spiro atoms. The number of likely N-dealkylation sites (tertiary alicyclic amines) is 1. The number of carbonyl (C=O) groups is 2. The van der Waals surface area contributed by atoms with Gasteiger partial charge in [0.1, 0.15) is 17.2 Å². The molecule has 0 aliphatic carbocycles. The number of halogens is 2. The van der Waals surface area contributed by atoms with Crippen LogP contribution in [0.1, 0.15) is 55.5 Å². The number of imide groups is 1. The van der Waals surface area contributed by atoms with E-state index in [1.54, 1.807) is 38.1 Å². The molecule has 2 aromatic rings. The Labute approximate surface area is 222 Å². The minimum absolute atomic E-state index is 0.223. The summed E-state index contributed by atoms with van der Waals surface area (Å²) in [6.07, 6.45) is 3.27. The van der Waals surface area contributed by atoms with E-state index in [1.807, 2.05) is 0 Å². The number of aliphatic hydroxyl groups is 1. The first-order chi connectivity index (χ1) is 18.1. The molecule has 7 nitrogen and oxygen atoms in total. The lowest BCUT2D eigenvalue weighted by Gasteiger charge is -2.34. The average molecular weight is 530 g/mol. The maximum atomic E-state index is 14.8. The van der Waals surface area contributed by atoms with E-state index in [4.69, 9.17) is 4.74 Å². The lowest BCUT2D eigenvalue weighted by molar-refractivity contribution is -0.121. The molecule has 2 saturated heterocycles. The van der Waals surface area contributed by atoms with E-state index in [0.717, 1.165) is 32.4 Å². The molecular formula is C29H37F2N3O4. The number of alkyl halides is 1. The van der Waals surface area contributed by atoms with Gasteiger partial charge in [0, 0.05) is 12.1 Å². The highest BCUT2D eigenvalue weighted by atomic mass is 19.1. The van der Waals surface area contributed by atoms with E-state index in [-0.39, 0.29) is 12.2 Å². The highest BCUT2D eigenvalue weighted by Gasteiger charge is 2.27. The summed E-state index contributed by atoms with van der Waals surface area (Å²) in [4.78, 5) is 27.5. The van der Waals surface area contributed by atoms with Gasteiger partial charge in [-0.05, 0) is 94.4 Å². The van der Waals surface area contributed by atoms with Crippen LogP contribution in [0, 0.1) is 11.7 Å². The molecule has 2 heterocycles. The quantitative estimate of drug-likeness (QED) is 0.428. The van der Waals surface area contributed by atoms with Crippen LogP contribution in [-0.2, 0) is 11.4 Å². The van der Waals surface area contributed by atoms with Gasteiger partial charge in [0.15, 0.2) is 0 Å². The number of aliphatic hydroxyl groups excluding tert-OH is 1. The van der Waals surface area contributed by atoms with E-state index in [0.29, 0.717) is 54.5 Å². The topological polar surface area (TPSA) is 90.9 Å². The smallest absolute Gasteiger partial charge is 0.261 e. The van der Waals surface area contributed by atoms with E-state index < -0.39 is 29.3 Å². The molecule has 3 N–H and O–H groups in total. The molecule has 2 aliphatic rings. The number of amides is 2. The number of carbonyl (C=O) groups excluding carboxylic acids is 2. The van der Waals surface area contributed by atoms with Crippen molar-refractivity contribution < 1.29 is 28.2 Å². The molecule has 0 aromatic heterocycles. The molecule has 0 bridgehead atoms. The summed E-state index contributed by atoms with van der Waals surface area (Å²) in [6.45, 7) is 6.12. The molecule has 1 atom stereocenters. The summed E-state index contributed by atoms with van der Waals surface area (Å²) < 4.78 is 34.8. The molecule has 206 valence electrons. The van der Waals surface area contributed by atoms with Gasteiger partial charge in [0.25, 0.3) is 5.91 Å².